The Kier molecular flexibility index (Phi) is 7.34. The summed E-state index contributed by atoms with van der Waals surface area (Å²) in [5.41, 5.74) is -1.07. The number of carbonyl (C=O) groups excluding carboxylic acids is 3. The molecule has 1 spiro atoms. The van der Waals surface area contributed by atoms with Gasteiger partial charge in [0.15, 0.2) is 0 Å². The summed E-state index contributed by atoms with van der Waals surface area (Å²) >= 11 is 0. The molecule has 8 nitrogen and oxygen atoms in total. The average molecular weight is 451 g/mol. The molecule has 6 atom stereocenters. The third kappa shape index (κ3) is 3.85. The zero-order valence-electron chi connectivity index (χ0n) is 20.0. The molecule has 32 heavy (non-hydrogen) atoms. The summed E-state index contributed by atoms with van der Waals surface area (Å²) in [6.07, 6.45) is 2.91. The number of aliphatic hydroxyl groups excluding tert-OH is 1. The van der Waals surface area contributed by atoms with Crippen LogP contribution in [0.2, 0.25) is 0 Å². The maximum absolute atomic E-state index is 14.0. The second kappa shape index (κ2) is 9.51. The minimum atomic E-state index is -1.07. The SMILES string of the molecule is C=CCN(C(=O)C1N([C@@H](CO)CC(C)C)C(=O)[C@@H]2[C@H](C(=O)OCC)[C@@H]3CCC12O3)C(C)C. The number of rotatable bonds is 10. The van der Waals surface area contributed by atoms with Gasteiger partial charge in [-0.15, -0.1) is 6.58 Å². The highest BCUT2D eigenvalue weighted by Crippen LogP contribution is 2.59. The van der Waals surface area contributed by atoms with Crippen LogP contribution in [0.4, 0.5) is 0 Å². The van der Waals surface area contributed by atoms with Gasteiger partial charge in [0.05, 0.1) is 37.2 Å². The summed E-state index contributed by atoms with van der Waals surface area (Å²) in [5, 5.41) is 10.2. The molecule has 3 rings (SSSR count). The number of nitrogens with zero attached hydrogens (tertiary/aromatic N) is 2. The van der Waals surface area contributed by atoms with Crippen LogP contribution in [0.3, 0.4) is 0 Å². The minimum Gasteiger partial charge on any atom is -0.466 e. The molecule has 3 heterocycles. The van der Waals surface area contributed by atoms with Crippen molar-refractivity contribution < 1.29 is 29.0 Å². The van der Waals surface area contributed by atoms with Gasteiger partial charge in [-0.25, -0.2) is 0 Å². The van der Waals surface area contributed by atoms with Gasteiger partial charge in [-0.2, -0.15) is 0 Å². The summed E-state index contributed by atoms with van der Waals surface area (Å²) in [6, 6.07) is -1.52. The number of ether oxygens (including phenoxy) is 2. The van der Waals surface area contributed by atoms with E-state index in [4.69, 9.17) is 9.47 Å². The van der Waals surface area contributed by atoms with Crippen LogP contribution in [0.1, 0.15) is 53.9 Å². The van der Waals surface area contributed by atoms with Crippen molar-refractivity contribution in [1.82, 2.24) is 9.80 Å². The van der Waals surface area contributed by atoms with Crippen molar-refractivity contribution in [2.45, 2.75) is 83.7 Å². The predicted octanol–water partition coefficient (Wildman–Crippen LogP) is 1.75. The highest BCUT2D eigenvalue weighted by molar-refractivity contribution is 5.98. The highest BCUT2D eigenvalue weighted by Gasteiger charge is 2.75. The summed E-state index contributed by atoms with van der Waals surface area (Å²) in [5.74, 6) is -2.23. The van der Waals surface area contributed by atoms with E-state index in [1.807, 2.05) is 27.7 Å². The zero-order chi connectivity index (χ0) is 23.8. The Morgan fingerprint density at radius 2 is 2.06 bits per heavy atom. The summed E-state index contributed by atoms with van der Waals surface area (Å²) in [6.45, 7) is 13.7. The quantitative estimate of drug-likeness (QED) is 0.402. The Hall–Kier alpha value is -1.93. The molecular weight excluding hydrogens is 412 g/mol. The molecular formula is C24H38N2O6. The van der Waals surface area contributed by atoms with Crippen molar-refractivity contribution in [2.24, 2.45) is 17.8 Å². The van der Waals surface area contributed by atoms with Crippen LogP contribution in [-0.2, 0) is 23.9 Å². The molecule has 0 radical (unpaired) electrons. The maximum Gasteiger partial charge on any atom is 0.312 e. The van der Waals surface area contributed by atoms with Crippen LogP contribution in [0.5, 0.6) is 0 Å². The molecule has 1 N–H and O–H groups in total. The van der Waals surface area contributed by atoms with E-state index >= 15 is 0 Å². The first kappa shape index (κ1) is 24.7. The van der Waals surface area contributed by atoms with Crippen LogP contribution in [0, 0.1) is 17.8 Å². The van der Waals surface area contributed by atoms with E-state index in [1.54, 1.807) is 22.8 Å². The summed E-state index contributed by atoms with van der Waals surface area (Å²) < 4.78 is 11.7. The van der Waals surface area contributed by atoms with E-state index in [-0.39, 0.29) is 37.0 Å². The molecule has 2 unspecified atom stereocenters. The molecule has 0 aromatic carbocycles. The summed E-state index contributed by atoms with van der Waals surface area (Å²) in [4.78, 5) is 43.9. The van der Waals surface area contributed by atoms with E-state index < -0.39 is 41.6 Å². The van der Waals surface area contributed by atoms with Gasteiger partial charge in [0.2, 0.25) is 11.8 Å². The lowest BCUT2D eigenvalue weighted by molar-refractivity contribution is -0.156. The van der Waals surface area contributed by atoms with Gasteiger partial charge < -0.3 is 24.4 Å². The van der Waals surface area contributed by atoms with Crippen molar-refractivity contribution >= 4 is 17.8 Å². The molecule has 3 aliphatic heterocycles. The molecule has 8 heteroatoms. The van der Waals surface area contributed by atoms with Crippen molar-refractivity contribution in [1.29, 1.82) is 0 Å². The molecule has 3 fully saturated rings. The highest BCUT2D eigenvalue weighted by atomic mass is 16.6. The van der Waals surface area contributed by atoms with Crippen molar-refractivity contribution in [2.75, 3.05) is 19.8 Å². The lowest BCUT2D eigenvalue weighted by Crippen LogP contribution is -2.59. The molecule has 3 aliphatic rings. The van der Waals surface area contributed by atoms with Crippen LogP contribution >= 0.6 is 0 Å². The monoisotopic (exact) mass is 450 g/mol. The molecule has 0 aromatic heterocycles. The second-order valence-electron chi connectivity index (χ2n) is 9.89. The molecule has 2 bridgehead atoms. The Morgan fingerprint density at radius 3 is 2.59 bits per heavy atom. The number of aliphatic hydroxyl groups is 1. The largest absolute Gasteiger partial charge is 0.466 e. The number of hydrogen-bond acceptors (Lipinski definition) is 6. The first-order valence-electron chi connectivity index (χ1n) is 11.8. The Balaban J connectivity index is 2.10. The van der Waals surface area contributed by atoms with E-state index in [9.17, 15) is 19.5 Å². The maximum atomic E-state index is 14.0. The van der Waals surface area contributed by atoms with Gasteiger partial charge in [-0.1, -0.05) is 19.9 Å². The fourth-order valence-corrected chi connectivity index (χ4v) is 5.94. The van der Waals surface area contributed by atoms with Crippen molar-refractivity contribution in [3.05, 3.63) is 12.7 Å². The second-order valence-corrected chi connectivity index (χ2v) is 9.89. The topological polar surface area (TPSA) is 96.4 Å². The van der Waals surface area contributed by atoms with Crippen LogP contribution < -0.4 is 0 Å². The van der Waals surface area contributed by atoms with Gasteiger partial charge in [-0.05, 0) is 46.0 Å². The van der Waals surface area contributed by atoms with Crippen molar-refractivity contribution in [3.8, 4) is 0 Å². The van der Waals surface area contributed by atoms with Gasteiger partial charge in [-0.3, -0.25) is 14.4 Å². The van der Waals surface area contributed by atoms with Crippen LogP contribution in [0.15, 0.2) is 12.7 Å². The first-order valence-corrected chi connectivity index (χ1v) is 11.8. The Bertz CT molecular complexity index is 753. The molecule has 180 valence electrons. The number of esters is 1. The fourth-order valence-electron chi connectivity index (χ4n) is 5.94. The van der Waals surface area contributed by atoms with Gasteiger partial charge >= 0.3 is 5.97 Å². The number of fused-ring (bicyclic) bond motifs is 1. The number of hydrogen-bond donors (Lipinski definition) is 1. The number of amides is 2. The summed E-state index contributed by atoms with van der Waals surface area (Å²) in [7, 11) is 0. The molecule has 3 saturated heterocycles. The number of carbonyl (C=O) groups is 3. The van der Waals surface area contributed by atoms with Crippen LogP contribution in [0.25, 0.3) is 0 Å². The van der Waals surface area contributed by atoms with E-state index in [1.165, 1.54) is 0 Å². The minimum absolute atomic E-state index is 0.106. The van der Waals surface area contributed by atoms with E-state index in [2.05, 4.69) is 6.58 Å². The lowest BCUT2D eigenvalue weighted by Gasteiger charge is -2.40. The third-order valence-electron chi connectivity index (χ3n) is 7.11. The fraction of sp³-hybridized carbons (Fsp3) is 0.792. The zero-order valence-corrected chi connectivity index (χ0v) is 20.0. The van der Waals surface area contributed by atoms with E-state index in [0.29, 0.717) is 25.8 Å². The van der Waals surface area contributed by atoms with E-state index in [0.717, 1.165) is 0 Å². The van der Waals surface area contributed by atoms with Gasteiger partial charge in [0.25, 0.3) is 0 Å². The number of likely N-dealkylation sites (tertiary alicyclic amines) is 1. The first-order chi connectivity index (χ1) is 15.1. The average Bonchev–Trinajstić information content (AvgIpc) is 3.37. The molecule has 0 saturated carbocycles. The standard InChI is InChI=1S/C24H38N2O6/c1-7-11-25(15(5)6)22(29)20-24-10-9-17(32-24)18(23(30)31-8-2)19(24)21(28)26(20)16(13-27)12-14(3)4/h7,14-20,27H,1,8-13H2,2-6H3/t16-,17+,18-,19+,20?,24?/m1/s1. The molecule has 0 aromatic rings. The van der Waals surface area contributed by atoms with Gasteiger partial charge in [0, 0.05) is 12.6 Å². The molecule has 2 amide bonds. The van der Waals surface area contributed by atoms with Crippen molar-refractivity contribution in [3.63, 3.8) is 0 Å². The predicted molar refractivity (Wildman–Crippen MR) is 118 cm³/mol. The smallest absolute Gasteiger partial charge is 0.312 e. The Morgan fingerprint density at radius 1 is 1.38 bits per heavy atom. The Labute approximate surface area is 190 Å². The lowest BCUT2D eigenvalue weighted by atomic mass is 9.70. The normalized spacial score (nSPS) is 31.9. The molecule has 0 aliphatic carbocycles. The van der Waals surface area contributed by atoms with Crippen LogP contribution in [-0.4, -0.2) is 82.3 Å². The third-order valence-corrected chi connectivity index (χ3v) is 7.11. The van der Waals surface area contributed by atoms with Gasteiger partial charge in [0.1, 0.15) is 11.6 Å².